The van der Waals surface area contributed by atoms with Gasteiger partial charge in [-0.25, -0.2) is 9.79 Å². The van der Waals surface area contributed by atoms with Crippen LogP contribution in [-0.4, -0.2) is 42.9 Å². The summed E-state index contributed by atoms with van der Waals surface area (Å²) in [4.78, 5) is 44.1. The number of nitro benzene ring substituents is 1. The molecule has 13 heteroatoms. The minimum atomic E-state index is -0.901. The number of hydrogen-bond donors (Lipinski definition) is 0. The van der Waals surface area contributed by atoms with Crippen LogP contribution in [0, 0.1) is 10.1 Å². The van der Waals surface area contributed by atoms with Crippen molar-refractivity contribution in [1.82, 2.24) is 4.57 Å². The fourth-order valence-corrected chi connectivity index (χ4v) is 6.81. The quantitative estimate of drug-likeness (QED) is 0.0834. The summed E-state index contributed by atoms with van der Waals surface area (Å²) in [7, 11) is 3.06. The lowest BCUT2D eigenvalue weighted by Crippen LogP contribution is -2.40. The molecule has 0 spiro atoms. The fourth-order valence-electron chi connectivity index (χ4n) is 5.81. The lowest BCUT2D eigenvalue weighted by Gasteiger charge is -2.26. The molecule has 1 aliphatic rings. The van der Waals surface area contributed by atoms with Gasteiger partial charge in [0.05, 0.1) is 54.2 Å². The lowest BCUT2D eigenvalue weighted by atomic mass is 9.93. The summed E-state index contributed by atoms with van der Waals surface area (Å²) >= 11 is 1.20. The van der Waals surface area contributed by atoms with Gasteiger partial charge in [-0.2, -0.15) is 0 Å². The molecule has 266 valence electrons. The molecule has 52 heavy (non-hydrogen) atoms. The third-order valence-electron chi connectivity index (χ3n) is 8.20. The summed E-state index contributed by atoms with van der Waals surface area (Å²) in [5.41, 5.74) is 2.98. The average Bonchev–Trinajstić information content (AvgIpc) is 3.47. The molecule has 0 saturated heterocycles. The molecule has 0 unspecified atom stereocenters. The molecule has 0 fully saturated rings. The van der Waals surface area contributed by atoms with Crippen LogP contribution in [0.3, 0.4) is 0 Å². The maximum Gasteiger partial charge on any atom is 0.338 e. The van der Waals surface area contributed by atoms with Crippen molar-refractivity contribution in [3.05, 3.63) is 149 Å². The van der Waals surface area contributed by atoms with Crippen LogP contribution in [0.2, 0.25) is 0 Å². The lowest BCUT2D eigenvalue weighted by molar-refractivity contribution is -0.384. The third-order valence-corrected chi connectivity index (χ3v) is 9.19. The van der Waals surface area contributed by atoms with Crippen LogP contribution < -0.4 is 33.8 Å². The molecule has 0 N–H and O–H groups in total. The predicted octanol–water partition coefficient (Wildman–Crippen LogP) is 5.84. The highest BCUT2D eigenvalue weighted by molar-refractivity contribution is 7.07. The number of carbonyl (C=O) groups excluding carboxylic acids is 1. The normalized spacial score (nSPS) is 13.9. The van der Waals surface area contributed by atoms with Crippen molar-refractivity contribution in [3.63, 3.8) is 0 Å². The van der Waals surface area contributed by atoms with E-state index in [0.717, 1.165) is 5.56 Å². The van der Waals surface area contributed by atoms with Gasteiger partial charge in [0.15, 0.2) is 27.8 Å². The van der Waals surface area contributed by atoms with E-state index in [9.17, 15) is 19.7 Å². The Bertz CT molecular complexity index is 2330. The summed E-state index contributed by atoms with van der Waals surface area (Å²) in [6.07, 6.45) is 1.74. The summed E-state index contributed by atoms with van der Waals surface area (Å²) < 4.78 is 30.5. The zero-order valence-corrected chi connectivity index (χ0v) is 29.7. The number of methoxy groups -OCH3 is 2. The van der Waals surface area contributed by atoms with Gasteiger partial charge >= 0.3 is 5.97 Å². The van der Waals surface area contributed by atoms with E-state index in [1.165, 1.54) is 42.3 Å². The van der Waals surface area contributed by atoms with Gasteiger partial charge in [0.2, 0.25) is 0 Å². The molecule has 2 heterocycles. The predicted molar refractivity (Wildman–Crippen MR) is 196 cm³/mol. The van der Waals surface area contributed by atoms with Crippen LogP contribution in [0.4, 0.5) is 5.69 Å². The average molecular weight is 722 g/mol. The Kier molecular flexibility index (Phi) is 10.8. The summed E-state index contributed by atoms with van der Waals surface area (Å²) in [5, 5.41) is 11.0. The largest absolute Gasteiger partial charge is 0.493 e. The highest BCUT2D eigenvalue weighted by atomic mass is 32.1. The molecular formula is C39H35N3O9S. The van der Waals surface area contributed by atoms with Crippen LogP contribution in [0.25, 0.3) is 11.8 Å². The number of non-ortho nitro benzene ring substituents is 1. The summed E-state index contributed by atoms with van der Waals surface area (Å²) in [5.74, 6) is 1.27. The van der Waals surface area contributed by atoms with E-state index in [-0.39, 0.29) is 30.0 Å². The van der Waals surface area contributed by atoms with Gasteiger partial charge < -0.3 is 23.7 Å². The molecule has 0 aliphatic carbocycles. The molecule has 0 saturated carbocycles. The zero-order chi connectivity index (χ0) is 36.8. The first-order valence-corrected chi connectivity index (χ1v) is 17.2. The summed E-state index contributed by atoms with van der Waals surface area (Å²) in [6.45, 7) is 4.24. The van der Waals surface area contributed by atoms with E-state index in [1.54, 1.807) is 61.5 Å². The number of rotatable bonds is 13. The molecule has 1 aromatic heterocycles. The number of carbonyl (C=O) groups is 1. The maximum absolute atomic E-state index is 14.4. The van der Waals surface area contributed by atoms with E-state index in [2.05, 4.69) is 0 Å². The SMILES string of the molecule is CCOC(=O)C1=C(c2ccccc2)N=c2s/c(=C\c3ccc(OCc4ccc([N+](=O)[O-])cc4)c(OCC)c3)c(=O)n2[C@@H]1c1ccc(OC)c(OC)c1. The maximum atomic E-state index is 14.4. The van der Waals surface area contributed by atoms with Crippen molar-refractivity contribution < 1.29 is 33.4 Å². The Hall–Kier alpha value is -6.21. The van der Waals surface area contributed by atoms with Gasteiger partial charge in [-0.15, -0.1) is 0 Å². The Labute approximate surface area is 302 Å². The van der Waals surface area contributed by atoms with Gasteiger partial charge in [-0.05, 0) is 73.0 Å². The van der Waals surface area contributed by atoms with E-state index < -0.39 is 16.9 Å². The standard InChI is InChI=1S/C39H35N3O9S/c1-5-49-32-20-25(14-18-30(32)51-23-24-12-16-28(17-13-24)42(45)46)21-33-37(43)41-36(27-15-19-29(47-3)31(22-27)48-4)34(38(44)50-6-2)35(40-39(41)52-33)26-10-8-7-9-11-26/h7-22,36H,5-6,23H2,1-4H3/b33-21-/t36-/m1/s1. The highest BCUT2D eigenvalue weighted by Gasteiger charge is 2.35. The van der Waals surface area contributed by atoms with Crippen LogP contribution in [-0.2, 0) is 16.1 Å². The molecule has 0 radical (unpaired) electrons. The zero-order valence-electron chi connectivity index (χ0n) is 28.9. The van der Waals surface area contributed by atoms with Crippen LogP contribution in [0.1, 0.15) is 42.1 Å². The Morgan fingerprint density at radius 3 is 2.29 bits per heavy atom. The van der Waals surface area contributed by atoms with Crippen molar-refractivity contribution in [2.75, 3.05) is 27.4 Å². The smallest absolute Gasteiger partial charge is 0.338 e. The van der Waals surface area contributed by atoms with E-state index in [1.807, 2.05) is 37.3 Å². The molecule has 1 aliphatic heterocycles. The highest BCUT2D eigenvalue weighted by Crippen LogP contribution is 2.38. The first-order valence-electron chi connectivity index (χ1n) is 16.4. The number of hydrogen-bond acceptors (Lipinski definition) is 11. The molecular weight excluding hydrogens is 687 g/mol. The number of fused-ring (bicyclic) bond motifs is 1. The second-order valence-corrected chi connectivity index (χ2v) is 12.4. The topological polar surface area (TPSA) is 141 Å². The van der Waals surface area contributed by atoms with Crippen molar-refractivity contribution in [2.24, 2.45) is 4.99 Å². The second-order valence-electron chi connectivity index (χ2n) is 11.4. The molecule has 12 nitrogen and oxygen atoms in total. The van der Waals surface area contributed by atoms with Crippen molar-refractivity contribution >= 4 is 34.8 Å². The minimum Gasteiger partial charge on any atom is -0.493 e. The van der Waals surface area contributed by atoms with E-state index in [0.29, 0.717) is 61.3 Å². The number of benzene rings is 4. The number of esters is 1. The molecule has 1 atom stereocenters. The van der Waals surface area contributed by atoms with E-state index >= 15 is 0 Å². The molecule has 0 bridgehead atoms. The molecule has 0 amide bonds. The number of nitro groups is 1. The Balaban J connectivity index is 1.46. The van der Waals surface area contributed by atoms with Crippen LogP contribution in [0.5, 0.6) is 23.0 Å². The number of thiazole rings is 1. The van der Waals surface area contributed by atoms with E-state index in [4.69, 9.17) is 28.7 Å². The van der Waals surface area contributed by atoms with Crippen molar-refractivity contribution in [3.8, 4) is 23.0 Å². The van der Waals surface area contributed by atoms with Gasteiger partial charge in [0, 0.05) is 17.7 Å². The van der Waals surface area contributed by atoms with Crippen molar-refractivity contribution in [2.45, 2.75) is 26.5 Å². The monoisotopic (exact) mass is 721 g/mol. The summed E-state index contributed by atoms with van der Waals surface area (Å²) in [6, 6.07) is 25.1. The number of ether oxygens (including phenoxy) is 5. The number of nitrogens with zero attached hydrogens (tertiary/aromatic N) is 3. The number of aromatic nitrogens is 1. The van der Waals surface area contributed by atoms with Crippen LogP contribution >= 0.6 is 11.3 Å². The Morgan fingerprint density at radius 1 is 0.885 bits per heavy atom. The molecule has 4 aromatic carbocycles. The van der Waals surface area contributed by atoms with Gasteiger partial charge in [-0.1, -0.05) is 53.8 Å². The molecule has 6 rings (SSSR count). The second kappa shape index (κ2) is 15.8. The van der Waals surface area contributed by atoms with Gasteiger partial charge in [0.1, 0.15) is 6.61 Å². The molecule has 5 aromatic rings. The van der Waals surface area contributed by atoms with Crippen LogP contribution in [0.15, 0.2) is 106 Å². The third kappa shape index (κ3) is 7.30. The van der Waals surface area contributed by atoms with Gasteiger partial charge in [-0.3, -0.25) is 19.5 Å². The van der Waals surface area contributed by atoms with Gasteiger partial charge in [0.25, 0.3) is 11.2 Å². The minimum absolute atomic E-state index is 0.00292. The first-order chi connectivity index (χ1) is 25.3. The van der Waals surface area contributed by atoms with Crippen molar-refractivity contribution in [1.29, 1.82) is 0 Å². The first kappa shape index (κ1) is 35.6. The Morgan fingerprint density at radius 2 is 1.62 bits per heavy atom. The fraction of sp³-hybridized carbons (Fsp3) is 0.205.